The zero-order valence-corrected chi connectivity index (χ0v) is 24.2. The number of amides is 1. The highest BCUT2D eigenvalue weighted by atomic mass is 16.3. The molecule has 0 aliphatic carbocycles. The molecule has 0 fully saturated rings. The number of hydrogen-bond donors (Lipinski definition) is 3. The smallest absolute Gasteiger partial charge is 0.251 e. The lowest BCUT2D eigenvalue weighted by atomic mass is 9.98. The summed E-state index contributed by atoms with van der Waals surface area (Å²) in [5.41, 5.74) is 8.26. The van der Waals surface area contributed by atoms with Gasteiger partial charge in [-0.25, -0.2) is 4.98 Å². The van der Waals surface area contributed by atoms with Gasteiger partial charge in [-0.2, -0.15) is 5.21 Å². The molecule has 0 saturated heterocycles. The molecule has 0 bridgehead atoms. The highest BCUT2D eigenvalue weighted by molar-refractivity contribution is 5.98. The van der Waals surface area contributed by atoms with Crippen LogP contribution >= 0.6 is 0 Å². The van der Waals surface area contributed by atoms with Gasteiger partial charge in [-0.1, -0.05) is 85.8 Å². The second-order valence-corrected chi connectivity index (χ2v) is 10.6. The maximum Gasteiger partial charge on any atom is 0.251 e. The Morgan fingerprint density at radius 3 is 2.42 bits per heavy atom. The molecule has 0 radical (unpaired) electrons. The Morgan fingerprint density at radius 2 is 1.72 bits per heavy atom. The Morgan fingerprint density at radius 1 is 0.977 bits per heavy atom. The zero-order chi connectivity index (χ0) is 29.8. The van der Waals surface area contributed by atoms with Crippen molar-refractivity contribution >= 4 is 16.9 Å². The fourth-order valence-electron chi connectivity index (χ4n) is 5.50. The zero-order valence-electron chi connectivity index (χ0n) is 24.2. The summed E-state index contributed by atoms with van der Waals surface area (Å²) in [5.74, 6) is 1.31. The highest BCUT2D eigenvalue weighted by Crippen LogP contribution is 2.30. The monoisotopic (exact) mass is 571 g/mol. The Hall–Kier alpha value is -5.15. The van der Waals surface area contributed by atoms with Crippen LogP contribution in [0.4, 0.5) is 0 Å². The predicted octanol–water partition coefficient (Wildman–Crippen LogP) is 5.66. The summed E-state index contributed by atoms with van der Waals surface area (Å²) in [6.07, 6.45) is 1.78. The first-order valence-corrected chi connectivity index (χ1v) is 14.4. The van der Waals surface area contributed by atoms with Gasteiger partial charge in [0, 0.05) is 24.1 Å². The van der Waals surface area contributed by atoms with Crippen molar-refractivity contribution in [3.05, 3.63) is 119 Å². The fourth-order valence-corrected chi connectivity index (χ4v) is 5.50. The van der Waals surface area contributed by atoms with Crippen LogP contribution in [0.1, 0.15) is 52.3 Å². The maximum atomic E-state index is 13.4. The van der Waals surface area contributed by atoms with Crippen LogP contribution in [0.5, 0.6) is 0 Å². The molecule has 6 aromatic rings. The number of nitrogens with one attached hydrogen (secondary N) is 2. The van der Waals surface area contributed by atoms with Gasteiger partial charge in [0.05, 0.1) is 23.7 Å². The second-order valence-electron chi connectivity index (χ2n) is 10.6. The molecule has 0 aliphatic heterocycles. The number of aliphatic hydroxyl groups excluding tert-OH is 1. The second kappa shape index (κ2) is 12.4. The third-order valence-electron chi connectivity index (χ3n) is 7.67. The van der Waals surface area contributed by atoms with Crippen molar-refractivity contribution < 1.29 is 9.90 Å². The van der Waals surface area contributed by atoms with E-state index in [2.05, 4.69) is 67.8 Å². The normalized spacial score (nSPS) is 12.0. The van der Waals surface area contributed by atoms with Crippen LogP contribution in [-0.4, -0.2) is 47.8 Å². The highest BCUT2D eigenvalue weighted by Gasteiger charge is 2.19. The van der Waals surface area contributed by atoms with E-state index in [0.29, 0.717) is 17.9 Å². The van der Waals surface area contributed by atoms with E-state index in [0.717, 1.165) is 63.1 Å². The molecule has 0 spiro atoms. The number of H-pyrrole nitrogens is 1. The standard InChI is InChI=1S/C34H33N7O2/c1-3-9-31-36-32-22(2)18-26(34(43)35-29(21-42)25-10-5-4-6-11-25)19-30(32)41(31)20-23-14-16-24(17-15-23)27-12-7-8-13-28(27)33-37-39-40-38-33/h4-8,10-19,29,42H,3,9,20-21H2,1-2H3,(H,35,43)(H,37,38,39,40)/t29-/m1/s1. The van der Waals surface area contributed by atoms with Crippen molar-refractivity contribution in [3.8, 4) is 22.5 Å². The molecular weight excluding hydrogens is 538 g/mol. The lowest BCUT2D eigenvalue weighted by molar-refractivity contribution is 0.0916. The molecule has 9 nitrogen and oxygen atoms in total. The first-order chi connectivity index (χ1) is 21.1. The van der Waals surface area contributed by atoms with Gasteiger partial charge in [0.25, 0.3) is 5.91 Å². The van der Waals surface area contributed by atoms with Crippen LogP contribution in [0.15, 0.2) is 91.0 Å². The van der Waals surface area contributed by atoms with Gasteiger partial charge in [-0.05, 0) is 58.5 Å². The molecule has 216 valence electrons. The van der Waals surface area contributed by atoms with Crippen LogP contribution < -0.4 is 5.32 Å². The number of aromatic nitrogens is 6. The van der Waals surface area contributed by atoms with E-state index in [9.17, 15) is 9.90 Å². The molecule has 2 heterocycles. The first kappa shape index (κ1) is 28.0. The average molecular weight is 572 g/mol. The summed E-state index contributed by atoms with van der Waals surface area (Å²) in [6, 6.07) is 29.3. The van der Waals surface area contributed by atoms with Gasteiger partial charge >= 0.3 is 0 Å². The Labute approximate surface area is 249 Å². The molecule has 6 rings (SSSR count). The van der Waals surface area contributed by atoms with E-state index in [-0.39, 0.29) is 12.5 Å². The van der Waals surface area contributed by atoms with Crippen LogP contribution in [0.25, 0.3) is 33.5 Å². The first-order valence-electron chi connectivity index (χ1n) is 14.4. The van der Waals surface area contributed by atoms with Crippen molar-refractivity contribution in [2.45, 2.75) is 39.3 Å². The Bertz CT molecular complexity index is 1850. The number of imidazole rings is 1. The van der Waals surface area contributed by atoms with Crippen molar-refractivity contribution in [2.24, 2.45) is 0 Å². The van der Waals surface area contributed by atoms with Gasteiger partial charge in [0.15, 0.2) is 0 Å². The van der Waals surface area contributed by atoms with E-state index in [4.69, 9.17) is 4.98 Å². The number of aryl methyl sites for hydroxylation is 2. The molecule has 0 unspecified atom stereocenters. The molecule has 43 heavy (non-hydrogen) atoms. The summed E-state index contributed by atoms with van der Waals surface area (Å²) >= 11 is 0. The van der Waals surface area contributed by atoms with Gasteiger partial charge in [0.2, 0.25) is 5.82 Å². The molecule has 0 saturated carbocycles. The molecule has 1 atom stereocenters. The Balaban J connectivity index is 1.31. The topological polar surface area (TPSA) is 122 Å². The quantitative estimate of drug-likeness (QED) is 0.195. The minimum absolute atomic E-state index is 0.189. The van der Waals surface area contributed by atoms with E-state index in [1.807, 2.05) is 67.6 Å². The van der Waals surface area contributed by atoms with Gasteiger partial charge in [0.1, 0.15) is 5.82 Å². The molecule has 4 aromatic carbocycles. The number of benzene rings is 4. The van der Waals surface area contributed by atoms with E-state index in [1.165, 1.54) is 0 Å². The van der Waals surface area contributed by atoms with Crippen LogP contribution in [0, 0.1) is 6.92 Å². The van der Waals surface area contributed by atoms with Gasteiger partial charge in [-0.15, -0.1) is 10.2 Å². The van der Waals surface area contributed by atoms with Crippen molar-refractivity contribution in [3.63, 3.8) is 0 Å². The summed E-state index contributed by atoms with van der Waals surface area (Å²) in [7, 11) is 0. The van der Waals surface area contributed by atoms with Crippen molar-refractivity contribution in [1.82, 2.24) is 35.5 Å². The molecule has 3 N–H and O–H groups in total. The largest absolute Gasteiger partial charge is 0.394 e. The summed E-state index contributed by atoms with van der Waals surface area (Å²) in [4.78, 5) is 18.4. The number of hydrogen-bond acceptors (Lipinski definition) is 6. The third kappa shape index (κ3) is 5.80. The number of rotatable bonds is 10. The summed E-state index contributed by atoms with van der Waals surface area (Å²) in [5, 5.41) is 27.5. The van der Waals surface area contributed by atoms with Crippen LogP contribution in [-0.2, 0) is 13.0 Å². The van der Waals surface area contributed by atoms with Gasteiger partial charge < -0.3 is 15.0 Å². The maximum absolute atomic E-state index is 13.4. The van der Waals surface area contributed by atoms with Gasteiger partial charge in [-0.3, -0.25) is 4.79 Å². The average Bonchev–Trinajstić information content (AvgIpc) is 3.70. The number of fused-ring (bicyclic) bond motifs is 1. The predicted molar refractivity (Wildman–Crippen MR) is 166 cm³/mol. The molecule has 2 aromatic heterocycles. The number of nitrogens with zero attached hydrogens (tertiary/aromatic N) is 5. The number of tetrazole rings is 1. The number of aliphatic hydroxyl groups is 1. The minimum Gasteiger partial charge on any atom is -0.394 e. The third-order valence-corrected chi connectivity index (χ3v) is 7.67. The Kier molecular flexibility index (Phi) is 8.06. The SMILES string of the molecule is CCCc1nc2c(C)cc(C(=O)N[C@H](CO)c3ccccc3)cc2n1Cc1ccc(-c2ccccc2-c2nn[nH]n2)cc1. The van der Waals surface area contributed by atoms with E-state index in [1.54, 1.807) is 0 Å². The van der Waals surface area contributed by atoms with Crippen molar-refractivity contribution in [1.29, 1.82) is 0 Å². The molecule has 0 aliphatic rings. The van der Waals surface area contributed by atoms with E-state index >= 15 is 0 Å². The number of carbonyl (C=O) groups is 1. The van der Waals surface area contributed by atoms with E-state index < -0.39 is 6.04 Å². The lowest BCUT2D eigenvalue weighted by Crippen LogP contribution is -2.30. The lowest BCUT2D eigenvalue weighted by Gasteiger charge is -2.17. The minimum atomic E-state index is -0.492. The number of aromatic amines is 1. The van der Waals surface area contributed by atoms with Crippen LogP contribution in [0.2, 0.25) is 0 Å². The fraction of sp³-hybridized carbons (Fsp3) is 0.206. The molecular formula is C34H33N7O2. The van der Waals surface area contributed by atoms with Crippen LogP contribution in [0.3, 0.4) is 0 Å². The molecule has 1 amide bonds. The van der Waals surface area contributed by atoms with Crippen molar-refractivity contribution in [2.75, 3.05) is 6.61 Å². The number of carbonyl (C=O) groups excluding carboxylic acids is 1. The summed E-state index contributed by atoms with van der Waals surface area (Å²) < 4.78 is 2.21. The summed E-state index contributed by atoms with van der Waals surface area (Å²) in [6.45, 7) is 4.56. The molecule has 9 heteroatoms.